The van der Waals surface area contributed by atoms with Crippen LogP contribution in [-0.4, -0.2) is 27.9 Å². The predicted molar refractivity (Wildman–Crippen MR) is 125 cm³/mol. The van der Waals surface area contributed by atoms with Crippen molar-refractivity contribution >= 4 is 34.7 Å². The number of carbonyl (C=O) groups is 1. The summed E-state index contributed by atoms with van der Waals surface area (Å²) in [4.78, 5) is 19.5. The van der Waals surface area contributed by atoms with Crippen molar-refractivity contribution in [2.45, 2.75) is 56.1 Å². The number of nitrogens with one attached hydrogen (secondary N) is 1. The Morgan fingerprint density at radius 3 is 2.58 bits per heavy atom. The van der Waals surface area contributed by atoms with Gasteiger partial charge in [-0.3, -0.25) is 4.57 Å². The van der Waals surface area contributed by atoms with E-state index in [1.54, 1.807) is 11.8 Å². The van der Waals surface area contributed by atoms with Crippen LogP contribution in [0.1, 0.15) is 50.6 Å². The van der Waals surface area contributed by atoms with Crippen molar-refractivity contribution in [3.05, 3.63) is 65.4 Å². The number of rotatable bonds is 4. The predicted octanol–water partition coefficient (Wildman–Crippen LogP) is 5.92. The van der Waals surface area contributed by atoms with Crippen LogP contribution >= 0.6 is 11.8 Å². The van der Waals surface area contributed by atoms with Gasteiger partial charge in [0.15, 0.2) is 0 Å². The number of thioether (sulfide) groups is 1. The van der Waals surface area contributed by atoms with Crippen LogP contribution in [0.25, 0.3) is 11.0 Å². The normalized spacial score (nSPS) is 19.2. The van der Waals surface area contributed by atoms with Crippen LogP contribution in [0.4, 0.5) is 5.95 Å². The van der Waals surface area contributed by atoms with Crippen LogP contribution in [0, 0.1) is 0 Å². The fourth-order valence-corrected chi connectivity index (χ4v) is 5.14. The Morgan fingerprint density at radius 2 is 1.84 bits per heavy atom. The molecule has 2 aliphatic rings. The molecule has 6 heteroatoms. The van der Waals surface area contributed by atoms with Gasteiger partial charge in [0.05, 0.1) is 22.6 Å². The van der Waals surface area contributed by atoms with Crippen LogP contribution in [0.5, 0.6) is 0 Å². The molecule has 0 bridgehead atoms. The van der Waals surface area contributed by atoms with Gasteiger partial charge in [-0.2, -0.15) is 0 Å². The van der Waals surface area contributed by atoms with E-state index >= 15 is 0 Å². The number of nitrogens with zero attached hydrogens (tertiary/aromatic N) is 2. The van der Waals surface area contributed by atoms with E-state index in [1.165, 1.54) is 11.3 Å². The second-order valence-electron chi connectivity index (χ2n) is 8.30. The molecule has 1 fully saturated rings. The van der Waals surface area contributed by atoms with E-state index in [-0.39, 0.29) is 18.1 Å². The molecule has 0 spiro atoms. The SMILES string of the molecule is CSc1ccc([C@H]2C(C(=O)OC3CCCCC3)=C(C)Nc3nc4ccccc4n32)cc1. The largest absolute Gasteiger partial charge is 0.459 e. The number of aromatic nitrogens is 2. The van der Waals surface area contributed by atoms with Crippen LogP contribution in [-0.2, 0) is 9.53 Å². The van der Waals surface area contributed by atoms with Gasteiger partial charge < -0.3 is 10.1 Å². The summed E-state index contributed by atoms with van der Waals surface area (Å²) >= 11 is 1.71. The zero-order valence-electron chi connectivity index (χ0n) is 17.9. The number of carbonyl (C=O) groups excluding carboxylic acids is 1. The number of ether oxygens (including phenoxy) is 1. The number of anilines is 1. The van der Waals surface area contributed by atoms with E-state index in [9.17, 15) is 4.79 Å². The summed E-state index contributed by atoms with van der Waals surface area (Å²) in [5.74, 6) is 0.533. The van der Waals surface area contributed by atoms with Crippen LogP contribution in [0.2, 0.25) is 0 Å². The van der Waals surface area contributed by atoms with E-state index in [0.717, 1.165) is 53.9 Å². The van der Waals surface area contributed by atoms with E-state index in [2.05, 4.69) is 46.5 Å². The van der Waals surface area contributed by atoms with Crippen LogP contribution in [0.3, 0.4) is 0 Å². The molecular formula is C25H27N3O2S. The zero-order chi connectivity index (χ0) is 21.4. The molecule has 0 unspecified atom stereocenters. The molecule has 0 saturated heterocycles. The fourth-order valence-electron chi connectivity index (χ4n) is 4.73. The summed E-state index contributed by atoms with van der Waals surface area (Å²) in [7, 11) is 0. The summed E-state index contributed by atoms with van der Waals surface area (Å²) in [6.45, 7) is 1.95. The molecule has 2 aromatic carbocycles. The molecule has 1 saturated carbocycles. The molecular weight excluding hydrogens is 406 g/mol. The molecule has 0 radical (unpaired) electrons. The highest BCUT2D eigenvalue weighted by Gasteiger charge is 2.36. The quantitative estimate of drug-likeness (QED) is 0.409. The third-order valence-corrected chi connectivity index (χ3v) is 7.05. The molecule has 1 aliphatic carbocycles. The standard InChI is InChI=1S/C25H27N3O2S/c1-16-22(24(29)30-18-8-4-3-5-9-18)23(17-12-14-19(31-2)15-13-17)28-21-11-7-6-10-20(21)27-25(28)26-16/h6-7,10-15,18,23H,3-5,8-9H2,1-2H3,(H,26,27)/t23-/m0/s1. The smallest absolute Gasteiger partial charge is 0.338 e. The first-order valence-electron chi connectivity index (χ1n) is 11.0. The molecule has 31 heavy (non-hydrogen) atoms. The Bertz CT molecular complexity index is 1140. The summed E-state index contributed by atoms with van der Waals surface area (Å²) in [6, 6.07) is 16.2. The van der Waals surface area contributed by atoms with Crippen molar-refractivity contribution in [2.75, 3.05) is 11.6 Å². The van der Waals surface area contributed by atoms with Crippen molar-refractivity contribution < 1.29 is 9.53 Å². The number of allylic oxidation sites excluding steroid dienone is 1. The van der Waals surface area contributed by atoms with E-state index in [1.807, 2.05) is 25.1 Å². The molecule has 2 heterocycles. The third kappa shape index (κ3) is 3.74. The second-order valence-corrected chi connectivity index (χ2v) is 9.18. The van der Waals surface area contributed by atoms with Gasteiger partial charge in [-0.05, 0) is 68.7 Å². The maximum Gasteiger partial charge on any atom is 0.338 e. The Balaban J connectivity index is 1.61. The summed E-state index contributed by atoms with van der Waals surface area (Å²) in [6.07, 6.45) is 7.48. The van der Waals surface area contributed by atoms with Crippen molar-refractivity contribution in [2.24, 2.45) is 0 Å². The number of para-hydroxylation sites is 2. The van der Waals surface area contributed by atoms with E-state index in [0.29, 0.717) is 5.57 Å². The number of benzene rings is 2. The topological polar surface area (TPSA) is 56.1 Å². The van der Waals surface area contributed by atoms with Gasteiger partial charge in [-0.15, -0.1) is 11.8 Å². The van der Waals surface area contributed by atoms with Gasteiger partial charge >= 0.3 is 5.97 Å². The van der Waals surface area contributed by atoms with Gasteiger partial charge in [0.2, 0.25) is 5.95 Å². The summed E-state index contributed by atoms with van der Waals surface area (Å²) < 4.78 is 8.16. The second kappa shape index (κ2) is 8.42. The van der Waals surface area contributed by atoms with Gasteiger partial charge in [-0.1, -0.05) is 30.7 Å². The van der Waals surface area contributed by atoms with E-state index < -0.39 is 0 Å². The molecule has 5 rings (SSSR count). The minimum Gasteiger partial charge on any atom is -0.459 e. The first kappa shape index (κ1) is 20.2. The molecule has 5 nitrogen and oxygen atoms in total. The van der Waals surface area contributed by atoms with Crippen LogP contribution in [0.15, 0.2) is 64.7 Å². The highest BCUT2D eigenvalue weighted by Crippen LogP contribution is 2.40. The molecule has 1 atom stereocenters. The van der Waals surface area contributed by atoms with Crippen LogP contribution < -0.4 is 5.32 Å². The van der Waals surface area contributed by atoms with Gasteiger partial charge in [0.25, 0.3) is 0 Å². The number of hydrogen-bond donors (Lipinski definition) is 1. The monoisotopic (exact) mass is 433 g/mol. The van der Waals surface area contributed by atoms with Gasteiger partial charge in [0, 0.05) is 10.6 Å². The van der Waals surface area contributed by atoms with Gasteiger partial charge in [-0.25, -0.2) is 9.78 Å². The lowest BCUT2D eigenvalue weighted by Gasteiger charge is -2.31. The average molecular weight is 434 g/mol. The number of imidazole rings is 1. The zero-order valence-corrected chi connectivity index (χ0v) is 18.7. The minimum atomic E-state index is -0.282. The van der Waals surface area contributed by atoms with Gasteiger partial charge in [0.1, 0.15) is 6.10 Å². The fraction of sp³-hybridized carbons (Fsp3) is 0.360. The average Bonchev–Trinajstić information content (AvgIpc) is 3.16. The first-order valence-corrected chi connectivity index (χ1v) is 12.2. The molecule has 1 N–H and O–H groups in total. The van der Waals surface area contributed by atoms with Crippen molar-refractivity contribution in [1.29, 1.82) is 0 Å². The first-order chi connectivity index (χ1) is 15.2. The Labute approximate surface area is 186 Å². The number of fused-ring (bicyclic) bond motifs is 3. The number of esters is 1. The lowest BCUT2D eigenvalue weighted by molar-refractivity contribution is -0.146. The Morgan fingerprint density at radius 1 is 1.10 bits per heavy atom. The summed E-state index contributed by atoms with van der Waals surface area (Å²) in [5.41, 5.74) is 4.43. The molecule has 0 amide bonds. The van der Waals surface area contributed by atoms with Crippen molar-refractivity contribution in [3.63, 3.8) is 0 Å². The molecule has 3 aromatic rings. The van der Waals surface area contributed by atoms with E-state index in [4.69, 9.17) is 9.72 Å². The Kier molecular flexibility index (Phi) is 5.48. The van der Waals surface area contributed by atoms with Crippen molar-refractivity contribution in [1.82, 2.24) is 9.55 Å². The molecule has 160 valence electrons. The molecule has 1 aromatic heterocycles. The Hall–Kier alpha value is -2.73. The third-order valence-electron chi connectivity index (χ3n) is 6.31. The highest BCUT2D eigenvalue weighted by atomic mass is 32.2. The molecule has 1 aliphatic heterocycles. The van der Waals surface area contributed by atoms with Crippen molar-refractivity contribution in [3.8, 4) is 0 Å². The maximum absolute atomic E-state index is 13.5. The summed E-state index contributed by atoms with van der Waals surface area (Å²) in [5, 5.41) is 3.37. The lowest BCUT2D eigenvalue weighted by atomic mass is 9.94. The number of hydrogen-bond acceptors (Lipinski definition) is 5. The lowest BCUT2D eigenvalue weighted by Crippen LogP contribution is -2.31. The minimum absolute atomic E-state index is 0.0157. The maximum atomic E-state index is 13.5. The highest BCUT2D eigenvalue weighted by molar-refractivity contribution is 7.98.